The van der Waals surface area contributed by atoms with Gasteiger partial charge >= 0.3 is 0 Å². The number of hydrazine groups is 1. The van der Waals surface area contributed by atoms with Crippen LogP contribution in [0.2, 0.25) is 0 Å². The summed E-state index contributed by atoms with van der Waals surface area (Å²) in [6.07, 6.45) is 3.88. The summed E-state index contributed by atoms with van der Waals surface area (Å²) in [7, 11) is 0. The fourth-order valence-electron chi connectivity index (χ4n) is 1.88. The number of nitrogens with one attached hydrogen (secondary N) is 1. The lowest BCUT2D eigenvalue weighted by atomic mass is 10.2. The van der Waals surface area contributed by atoms with Crippen molar-refractivity contribution in [1.82, 2.24) is 9.88 Å². The van der Waals surface area contributed by atoms with Gasteiger partial charge in [-0.1, -0.05) is 0 Å². The van der Waals surface area contributed by atoms with Crippen molar-refractivity contribution in [1.29, 1.82) is 5.26 Å². The fourth-order valence-corrected chi connectivity index (χ4v) is 2.21. The molecule has 1 aliphatic carbocycles. The summed E-state index contributed by atoms with van der Waals surface area (Å²) in [5.74, 6) is 5.58. The fraction of sp³-hybridized carbons (Fsp3) is 0.417. The molecule has 1 heterocycles. The Morgan fingerprint density at radius 3 is 3.00 bits per heavy atom. The molecular weight excluding hydrogens is 310 g/mol. The molecule has 0 atom stereocenters. The molecule has 19 heavy (non-hydrogen) atoms. The van der Waals surface area contributed by atoms with Crippen molar-refractivity contribution in [3.63, 3.8) is 0 Å². The highest BCUT2D eigenvalue weighted by Crippen LogP contribution is 2.30. The lowest BCUT2D eigenvalue weighted by Gasteiger charge is -2.22. The molecule has 2 rings (SSSR count). The average molecular weight is 324 g/mol. The van der Waals surface area contributed by atoms with Crippen LogP contribution in [0.1, 0.15) is 29.6 Å². The quantitative estimate of drug-likeness (QED) is 0.634. The minimum atomic E-state index is -0.139. The third kappa shape index (κ3) is 3.22. The van der Waals surface area contributed by atoms with E-state index in [0.29, 0.717) is 28.8 Å². The third-order valence-electron chi connectivity index (χ3n) is 2.93. The van der Waals surface area contributed by atoms with Crippen LogP contribution in [0.5, 0.6) is 0 Å². The predicted octanol–water partition coefficient (Wildman–Crippen LogP) is 1.65. The molecule has 0 bridgehead atoms. The molecule has 0 spiro atoms. The highest BCUT2D eigenvalue weighted by atomic mass is 79.9. The summed E-state index contributed by atoms with van der Waals surface area (Å²) < 4.78 is 0.714. The van der Waals surface area contributed by atoms with Crippen LogP contribution in [0.3, 0.4) is 0 Å². The number of carbonyl (C=O) groups is 1. The molecule has 0 radical (unpaired) electrons. The summed E-state index contributed by atoms with van der Waals surface area (Å²) in [6, 6.07) is 4.00. The molecule has 0 unspecified atom stereocenters. The van der Waals surface area contributed by atoms with Gasteiger partial charge in [0, 0.05) is 23.3 Å². The normalized spacial score (nSPS) is 13.7. The molecule has 1 amide bonds. The van der Waals surface area contributed by atoms with Gasteiger partial charge in [0.25, 0.3) is 5.91 Å². The number of pyridine rings is 1. The van der Waals surface area contributed by atoms with Gasteiger partial charge in [-0.25, -0.2) is 10.8 Å². The minimum absolute atomic E-state index is 0.139. The molecule has 0 aliphatic heterocycles. The predicted molar refractivity (Wildman–Crippen MR) is 74.0 cm³/mol. The summed E-state index contributed by atoms with van der Waals surface area (Å²) in [5, 5.41) is 8.67. The number of nitriles is 1. The van der Waals surface area contributed by atoms with E-state index in [9.17, 15) is 4.79 Å². The van der Waals surface area contributed by atoms with Crippen LogP contribution in [0.15, 0.2) is 16.7 Å². The summed E-state index contributed by atoms with van der Waals surface area (Å²) in [4.78, 5) is 18.3. The Balaban J connectivity index is 2.25. The van der Waals surface area contributed by atoms with Crippen molar-refractivity contribution in [3.8, 4) is 6.07 Å². The Hall–Kier alpha value is -1.65. The summed E-state index contributed by atoms with van der Waals surface area (Å²) >= 11 is 3.29. The second-order valence-electron chi connectivity index (χ2n) is 4.33. The first-order valence-electron chi connectivity index (χ1n) is 5.97. The van der Waals surface area contributed by atoms with Crippen LogP contribution < -0.4 is 11.3 Å². The number of hydrogen-bond acceptors (Lipinski definition) is 5. The molecule has 1 aromatic heterocycles. The maximum Gasteiger partial charge on any atom is 0.257 e. The van der Waals surface area contributed by atoms with Gasteiger partial charge < -0.3 is 10.3 Å². The highest BCUT2D eigenvalue weighted by molar-refractivity contribution is 9.10. The monoisotopic (exact) mass is 323 g/mol. The average Bonchev–Trinajstić information content (AvgIpc) is 3.23. The lowest BCUT2D eigenvalue weighted by Crippen LogP contribution is -2.34. The van der Waals surface area contributed by atoms with Gasteiger partial charge in [-0.2, -0.15) is 5.26 Å². The standard InChI is InChI=1S/C12H14BrN5O/c13-8-6-10(11(17-15)16-7-8)12(19)18(5-1-4-14)9-2-3-9/h6-7,9H,1-3,5,15H2,(H,16,17). The molecular formula is C12H14BrN5O. The van der Waals surface area contributed by atoms with Crippen LogP contribution in [-0.4, -0.2) is 28.4 Å². The lowest BCUT2D eigenvalue weighted by molar-refractivity contribution is 0.0747. The number of carbonyl (C=O) groups excluding carboxylic acids is 1. The van der Waals surface area contributed by atoms with E-state index in [1.807, 2.05) is 0 Å². The zero-order chi connectivity index (χ0) is 13.8. The number of anilines is 1. The van der Waals surface area contributed by atoms with Crippen molar-refractivity contribution in [2.75, 3.05) is 12.0 Å². The van der Waals surface area contributed by atoms with E-state index >= 15 is 0 Å². The van der Waals surface area contributed by atoms with E-state index < -0.39 is 0 Å². The van der Waals surface area contributed by atoms with Gasteiger partial charge in [0.2, 0.25) is 0 Å². The zero-order valence-electron chi connectivity index (χ0n) is 10.3. The van der Waals surface area contributed by atoms with Gasteiger partial charge in [0.1, 0.15) is 0 Å². The smallest absolute Gasteiger partial charge is 0.257 e. The number of nitrogens with zero attached hydrogens (tertiary/aromatic N) is 3. The third-order valence-corrected chi connectivity index (χ3v) is 3.37. The zero-order valence-corrected chi connectivity index (χ0v) is 11.9. The molecule has 100 valence electrons. The van der Waals surface area contributed by atoms with Crippen molar-refractivity contribution in [2.45, 2.75) is 25.3 Å². The number of nitrogens with two attached hydrogens (primary N) is 1. The molecule has 0 aromatic carbocycles. The van der Waals surface area contributed by atoms with E-state index in [1.54, 1.807) is 17.2 Å². The van der Waals surface area contributed by atoms with Gasteiger partial charge in [-0.05, 0) is 34.8 Å². The Bertz CT molecular complexity index is 523. The van der Waals surface area contributed by atoms with Crippen molar-refractivity contribution in [3.05, 3.63) is 22.3 Å². The summed E-state index contributed by atoms with van der Waals surface area (Å²) in [6.45, 7) is 0.441. The highest BCUT2D eigenvalue weighted by Gasteiger charge is 2.33. The number of amides is 1. The number of rotatable bonds is 5. The first kappa shape index (κ1) is 13.8. The van der Waals surface area contributed by atoms with Crippen LogP contribution in [0.25, 0.3) is 0 Å². The van der Waals surface area contributed by atoms with E-state index in [-0.39, 0.29) is 11.9 Å². The SMILES string of the molecule is N#CCCN(C(=O)c1cc(Br)cnc1NN)C1CC1. The minimum Gasteiger partial charge on any atom is -0.335 e. The molecule has 6 nitrogen and oxygen atoms in total. The molecule has 1 aliphatic rings. The number of nitrogen functional groups attached to an aromatic ring is 1. The van der Waals surface area contributed by atoms with E-state index in [0.717, 1.165) is 12.8 Å². The molecule has 1 saturated carbocycles. The van der Waals surface area contributed by atoms with Crippen molar-refractivity contribution in [2.24, 2.45) is 5.84 Å². The van der Waals surface area contributed by atoms with Crippen molar-refractivity contribution >= 4 is 27.7 Å². The molecule has 1 fully saturated rings. The second-order valence-corrected chi connectivity index (χ2v) is 5.25. The Kier molecular flexibility index (Phi) is 4.35. The van der Waals surface area contributed by atoms with Gasteiger partial charge in [-0.15, -0.1) is 0 Å². The maximum atomic E-state index is 12.5. The van der Waals surface area contributed by atoms with Gasteiger partial charge in [0.05, 0.1) is 18.1 Å². The van der Waals surface area contributed by atoms with Crippen LogP contribution >= 0.6 is 15.9 Å². The molecule has 3 N–H and O–H groups in total. The molecule has 1 aromatic rings. The molecule has 7 heteroatoms. The van der Waals surface area contributed by atoms with Crippen LogP contribution in [0, 0.1) is 11.3 Å². The van der Waals surface area contributed by atoms with E-state index in [2.05, 4.69) is 32.4 Å². The Labute approximate surface area is 119 Å². The van der Waals surface area contributed by atoms with Crippen molar-refractivity contribution < 1.29 is 4.79 Å². The Morgan fingerprint density at radius 1 is 1.68 bits per heavy atom. The molecule has 0 saturated heterocycles. The topological polar surface area (TPSA) is 95.0 Å². The van der Waals surface area contributed by atoms with E-state index in [1.165, 1.54) is 0 Å². The Morgan fingerprint density at radius 2 is 2.42 bits per heavy atom. The number of aromatic nitrogens is 1. The van der Waals surface area contributed by atoms with Gasteiger partial charge in [-0.3, -0.25) is 4.79 Å². The number of hydrogen-bond donors (Lipinski definition) is 2. The van der Waals surface area contributed by atoms with Crippen LogP contribution in [0.4, 0.5) is 5.82 Å². The first-order valence-corrected chi connectivity index (χ1v) is 6.76. The maximum absolute atomic E-state index is 12.5. The first-order chi connectivity index (χ1) is 9.17. The van der Waals surface area contributed by atoms with E-state index in [4.69, 9.17) is 11.1 Å². The second kappa shape index (κ2) is 5.99. The largest absolute Gasteiger partial charge is 0.335 e. The van der Waals surface area contributed by atoms with Gasteiger partial charge in [0.15, 0.2) is 5.82 Å². The summed E-state index contributed by atoms with van der Waals surface area (Å²) in [5.41, 5.74) is 2.85. The number of halogens is 1. The van der Waals surface area contributed by atoms with Crippen LogP contribution in [-0.2, 0) is 0 Å².